The zero-order valence-electron chi connectivity index (χ0n) is 41.5. The number of aromatic nitrogens is 1. The molecule has 1 spiro atoms. The lowest BCUT2D eigenvalue weighted by atomic mass is 9.42. The van der Waals surface area contributed by atoms with Crippen molar-refractivity contribution in [3.05, 3.63) is 278 Å². The Kier molecular flexibility index (Phi) is 6.91. The molecule has 5 heteroatoms. The number of hydrogen-bond donors (Lipinski definition) is 0. The predicted molar refractivity (Wildman–Crippen MR) is 308 cm³/mol. The van der Waals surface area contributed by atoms with Crippen LogP contribution in [0.15, 0.2) is 209 Å². The Morgan fingerprint density at radius 3 is 1.44 bits per heavy atom. The van der Waals surface area contributed by atoms with Gasteiger partial charge in [-0.1, -0.05) is 170 Å². The van der Waals surface area contributed by atoms with E-state index < -0.39 is 0 Å². The fourth-order valence-electron chi connectivity index (χ4n) is 17.1. The molecule has 6 aliphatic rings. The summed E-state index contributed by atoms with van der Waals surface area (Å²) in [5.74, 6) is -0.107. The highest BCUT2D eigenvalue weighted by molar-refractivity contribution is 6.34. The smallest absolute Gasteiger partial charge is 0.143 e. The van der Waals surface area contributed by atoms with Crippen LogP contribution in [0.4, 0.5) is 0 Å². The molecular formula is C73H37N3O2. The minimum Gasteiger partial charge on any atom is -0.455 e. The monoisotopic (exact) mass is 987 g/mol. The van der Waals surface area contributed by atoms with Crippen molar-refractivity contribution in [3.8, 4) is 34.4 Å². The van der Waals surface area contributed by atoms with Gasteiger partial charge in [0.05, 0.1) is 39.8 Å². The van der Waals surface area contributed by atoms with E-state index in [9.17, 15) is 10.5 Å². The predicted octanol–water partition coefficient (Wildman–Crippen LogP) is 17.6. The number of fused-ring (bicyclic) bond motifs is 20. The summed E-state index contributed by atoms with van der Waals surface area (Å²) in [6, 6.07) is 78.3. The third kappa shape index (κ3) is 4.22. The van der Waals surface area contributed by atoms with Gasteiger partial charge in [0.15, 0.2) is 0 Å². The van der Waals surface area contributed by atoms with Crippen LogP contribution in [0.2, 0.25) is 0 Å². The van der Waals surface area contributed by atoms with Crippen molar-refractivity contribution in [3.63, 3.8) is 0 Å². The van der Waals surface area contributed by atoms with Crippen molar-refractivity contribution in [2.45, 2.75) is 29.1 Å². The van der Waals surface area contributed by atoms with E-state index in [-0.39, 0.29) is 29.1 Å². The molecule has 0 amide bonds. The van der Waals surface area contributed by atoms with Crippen LogP contribution in [-0.4, -0.2) is 4.40 Å². The maximum Gasteiger partial charge on any atom is 0.143 e. The molecule has 0 aliphatic heterocycles. The van der Waals surface area contributed by atoms with E-state index in [0.29, 0.717) is 11.1 Å². The van der Waals surface area contributed by atoms with E-state index in [1.165, 1.54) is 61.0 Å². The standard InChI is InChI=1S/C73H37N3O2/c74-34-36-31-54-64(66-58(36)60-40-17-1-3-19-42(40)61(66)43-20-4-2-18-41(43)60)62-51(48-26-13-24-46-38-15-8-11-29-56(38)77-71(46)48)33-52(49-27-14-25-47-39-16-9-12-30-57(39)78-72(47)49)63-65-55(76(54)70(62)63)32-37(35-75)59-68-45-22-6-5-21-44(45)67-50-23-7-10-28-53(50)73(67,68)69(59)65/h1-33,60-61,67-68H. The van der Waals surface area contributed by atoms with E-state index in [1.807, 2.05) is 12.1 Å². The molecule has 0 N–H and O–H groups in total. The van der Waals surface area contributed by atoms with Gasteiger partial charge in [0, 0.05) is 83.3 Å². The molecule has 3 atom stereocenters. The molecule has 15 aromatic rings. The fraction of sp³-hybridized carbons (Fsp3) is 0.0685. The van der Waals surface area contributed by atoms with Gasteiger partial charge in [-0.15, -0.1) is 0 Å². The van der Waals surface area contributed by atoms with Crippen LogP contribution in [0.25, 0.3) is 104 Å². The normalized spacial score (nSPS) is 19.6. The number of para-hydroxylation sites is 4. The largest absolute Gasteiger partial charge is 0.455 e. The highest BCUT2D eigenvalue weighted by Gasteiger charge is 2.70. The van der Waals surface area contributed by atoms with Crippen LogP contribution in [0.5, 0.6) is 0 Å². The quantitative estimate of drug-likeness (QED) is 0.173. The molecule has 0 saturated carbocycles. The average Bonchev–Trinajstić information content (AvgIpc) is 3.39. The summed E-state index contributed by atoms with van der Waals surface area (Å²) in [6.07, 6.45) is 0. The van der Waals surface area contributed by atoms with Crippen molar-refractivity contribution < 1.29 is 8.83 Å². The Bertz CT molecular complexity index is 5430. The number of nitriles is 2. The average molecular weight is 988 g/mol. The summed E-state index contributed by atoms with van der Waals surface area (Å²) in [6.45, 7) is 0. The summed E-state index contributed by atoms with van der Waals surface area (Å²) in [5, 5.41) is 32.2. The van der Waals surface area contributed by atoms with E-state index in [2.05, 4.69) is 205 Å². The molecule has 0 saturated heterocycles. The molecule has 6 aliphatic carbocycles. The molecule has 4 heterocycles. The Balaban J connectivity index is 1.05. The van der Waals surface area contributed by atoms with E-state index >= 15 is 0 Å². The minimum atomic E-state index is -0.385. The van der Waals surface area contributed by atoms with Crippen LogP contribution in [-0.2, 0) is 5.41 Å². The second-order valence-corrected chi connectivity index (χ2v) is 22.5. The van der Waals surface area contributed by atoms with Gasteiger partial charge in [-0.2, -0.15) is 10.5 Å². The molecule has 2 bridgehead atoms. The third-order valence-corrected chi connectivity index (χ3v) is 19.6. The Labute approximate surface area is 445 Å². The number of hydrogen-bond acceptors (Lipinski definition) is 4. The maximum absolute atomic E-state index is 11.7. The van der Waals surface area contributed by atoms with Gasteiger partial charge in [-0.25, -0.2) is 0 Å². The van der Waals surface area contributed by atoms with Crippen molar-refractivity contribution in [1.82, 2.24) is 4.40 Å². The lowest BCUT2D eigenvalue weighted by Crippen LogP contribution is -2.53. The number of furan rings is 2. The van der Waals surface area contributed by atoms with Crippen molar-refractivity contribution in [2.75, 3.05) is 0 Å². The zero-order chi connectivity index (χ0) is 50.6. The molecule has 356 valence electrons. The van der Waals surface area contributed by atoms with Crippen LogP contribution in [0, 0.1) is 22.7 Å². The van der Waals surface area contributed by atoms with Gasteiger partial charge in [-0.05, 0) is 108 Å². The summed E-state index contributed by atoms with van der Waals surface area (Å²) in [4.78, 5) is 0. The maximum atomic E-state index is 11.7. The molecule has 3 unspecified atom stereocenters. The van der Waals surface area contributed by atoms with E-state index in [4.69, 9.17) is 8.83 Å². The summed E-state index contributed by atoms with van der Waals surface area (Å²) in [7, 11) is 0. The molecule has 4 aromatic heterocycles. The molecule has 5 nitrogen and oxygen atoms in total. The SMILES string of the molecule is N#Cc1cc2c(c3c1C1c4ccccc4C3c3ccccc31)c1c(-c3cccc4c3oc3ccccc34)cc(-c3cccc4c3oc3ccccc34)c3c4c5c(c(C#N)cc4n2c13)C1c2ccccc2C2c3ccccc3C521. The molecule has 78 heavy (non-hydrogen) atoms. The van der Waals surface area contributed by atoms with Crippen LogP contribution >= 0.6 is 0 Å². The Hall–Kier alpha value is -10.2. The van der Waals surface area contributed by atoms with Crippen molar-refractivity contribution >= 4 is 82.0 Å². The van der Waals surface area contributed by atoms with Gasteiger partial charge < -0.3 is 13.2 Å². The van der Waals surface area contributed by atoms with Crippen LogP contribution in [0.3, 0.4) is 0 Å². The first kappa shape index (κ1) is 40.2. The van der Waals surface area contributed by atoms with Gasteiger partial charge in [0.1, 0.15) is 22.3 Å². The topological polar surface area (TPSA) is 78.3 Å². The first-order valence-electron chi connectivity index (χ1n) is 27.1. The lowest BCUT2D eigenvalue weighted by molar-refractivity contribution is 0.336. The van der Waals surface area contributed by atoms with Crippen molar-refractivity contribution in [1.29, 1.82) is 10.5 Å². The van der Waals surface area contributed by atoms with Crippen LogP contribution in [0.1, 0.15) is 102 Å². The minimum absolute atomic E-state index is 0.0239. The van der Waals surface area contributed by atoms with E-state index in [1.54, 1.807) is 0 Å². The number of rotatable bonds is 2. The van der Waals surface area contributed by atoms with Gasteiger partial charge in [-0.3, -0.25) is 0 Å². The molecule has 11 aromatic carbocycles. The number of benzene rings is 11. The van der Waals surface area contributed by atoms with Crippen molar-refractivity contribution in [2.24, 2.45) is 0 Å². The third-order valence-electron chi connectivity index (χ3n) is 19.6. The molecule has 21 rings (SSSR count). The summed E-state index contributed by atoms with van der Waals surface area (Å²) >= 11 is 0. The highest BCUT2D eigenvalue weighted by atomic mass is 16.3. The highest BCUT2D eigenvalue weighted by Crippen LogP contribution is 2.79. The van der Waals surface area contributed by atoms with Gasteiger partial charge >= 0.3 is 0 Å². The fourth-order valence-corrected chi connectivity index (χ4v) is 17.1. The summed E-state index contributed by atoms with van der Waals surface area (Å²) < 4.78 is 16.6. The van der Waals surface area contributed by atoms with Crippen LogP contribution < -0.4 is 0 Å². The summed E-state index contributed by atoms with van der Waals surface area (Å²) in [5.41, 5.74) is 26.6. The second-order valence-electron chi connectivity index (χ2n) is 22.5. The first-order chi connectivity index (χ1) is 38.7. The lowest BCUT2D eigenvalue weighted by Gasteiger charge is -2.59. The van der Waals surface area contributed by atoms with E-state index in [0.717, 1.165) is 110 Å². The molecule has 0 radical (unpaired) electrons. The Morgan fingerprint density at radius 2 is 0.846 bits per heavy atom. The molecule has 0 fully saturated rings. The molecular weight excluding hydrogens is 951 g/mol. The Morgan fingerprint density at radius 1 is 0.385 bits per heavy atom. The zero-order valence-corrected chi connectivity index (χ0v) is 41.5. The van der Waals surface area contributed by atoms with Gasteiger partial charge in [0.2, 0.25) is 0 Å². The second kappa shape index (κ2) is 13.4. The van der Waals surface area contributed by atoms with Gasteiger partial charge in [0.25, 0.3) is 0 Å². The number of nitrogens with zero attached hydrogens (tertiary/aromatic N) is 3. The first-order valence-corrected chi connectivity index (χ1v) is 27.1.